The first-order chi connectivity index (χ1) is 13.5. The molecule has 4 rings (SSSR count). The second kappa shape index (κ2) is 7.71. The molecule has 0 saturated carbocycles. The van der Waals surface area contributed by atoms with E-state index in [1.54, 1.807) is 13.0 Å². The topological polar surface area (TPSA) is 54.7 Å². The number of carbonyl (C=O) groups is 1. The molecule has 1 N–H and O–H groups in total. The van der Waals surface area contributed by atoms with Crippen molar-refractivity contribution in [3.05, 3.63) is 53.8 Å². The molecule has 0 unspecified atom stereocenters. The zero-order chi connectivity index (χ0) is 19.7. The number of fused-ring (bicyclic) bond motifs is 1. The van der Waals surface area contributed by atoms with Crippen molar-refractivity contribution in [3.63, 3.8) is 0 Å². The fourth-order valence-corrected chi connectivity index (χ4v) is 3.60. The zero-order valence-electron chi connectivity index (χ0n) is 15.1. The lowest BCUT2D eigenvalue weighted by Crippen LogP contribution is -2.36. The van der Waals surface area contributed by atoms with E-state index >= 15 is 0 Å². The highest BCUT2D eigenvalue weighted by molar-refractivity contribution is 7.98. The third kappa shape index (κ3) is 3.64. The van der Waals surface area contributed by atoms with Crippen molar-refractivity contribution in [2.45, 2.75) is 18.2 Å². The smallest absolute Gasteiger partial charge is 0.297 e. The van der Waals surface area contributed by atoms with Crippen LogP contribution in [0.5, 0.6) is 5.75 Å². The number of hydrogen-bond donors (Lipinski definition) is 1. The minimum absolute atomic E-state index is 0.00207. The van der Waals surface area contributed by atoms with Crippen molar-refractivity contribution in [3.8, 4) is 5.75 Å². The number of nitrogens with one attached hydrogen (secondary N) is 1. The summed E-state index contributed by atoms with van der Waals surface area (Å²) in [5, 5.41) is 0.260. The van der Waals surface area contributed by atoms with Crippen LogP contribution in [0.4, 0.5) is 14.5 Å². The molecule has 0 atom stereocenters. The molecule has 1 aliphatic rings. The minimum atomic E-state index is -0.516. The van der Waals surface area contributed by atoms with Gasteiger partial charge in [-0.1, -0.05) is 0 Å². The van der Waals surface area contributed by atoms with Gasteiger partial charge in [-0.05, 0) is 43.5 Å². The lowest BCUT2D eigenvalue weighted by atomic mass is 10.1. The van der Waals surface area contributed by atoms with Crippen LogP contribution in [0.15, 0.2) is 45.7 Å². The summed E-state index contributed by atoms with van der Waals surface area (Å²) >= 11 is 0.980. The van der Waals surface area contributed by atoms with E-state index in [0.717, 1.165) is 37.1 Å². The molecule has 1 amide bonds. The number of benzene rings is 2. The molecule has 1 fully saturated rings. The quantitative estimate of drug-likeness (QED) is 0.601. The molecule has 1 aromatic heterocycles. The van der Waals surface area contributed by atoms with E-state index in [0.29, 0.717) is 22.8 Å². The number of carbonyl (C=O) groups excluding carboxylic acids is 1. The molecule has 1 saturated heterocycles. The average molecular weight is 404 g/mol. The molecule has 0 spiro atoms. The van der Waals surface area contributed by atoms with Gasteiger partial charge in [0.05, 0.1) is 16.9 Å². The van der Waals surface area contributed by atoms with E-state index in [2.05, 4.69) is 4.72 Å². The first kappa shape index (κ1) is 18.6. The van der Waals surface area contributed by atoms with Gasteiger partial charge in [0, 0.05) is 37.0 Å². The van der Waals surface area contributed by atoms with Gasteiger partial charge in [0.1, 0.15) is 23.0 Å². The maximum absolute atomic E-state index is 14.4. The van der Waals surface area contributed by atoms with Crippen molar-refractivity contribution in [1.82, 2.24) is 4.72 Å². The van der Waals surface area contributed by atoms with Gasteiger partial charge in [-0.3, -0.25) is 9.52 Å². The van der Waals surface area contributed by atoms with Crippen molar-refractivity contribution in [2.75, 3.05) is 24.6 Å². The van der Waals surface area contributed by atoms with Gasteiger partial charge in [-0.15, -0.1) is 0 Å². The largest absolute Gasteiger partial charge is 0.493 e. The summed E-state index contributed by atoms with van der Waals surface area (Å²) in [4.78, 5) is 15.0. The van der Waals surface area contributed by atoms with Gasteiger partial charge >= 0.3 is 0 Å². The van der Waals surface area contributed by atoms with Crippen LogP contribution in [-0.4, -0.2) is 25.6 Å². The molecule has 3 aromatic rings. The average Bonchev–Trinajstić information content (AvgIpc) is 3.04. The van der Waals surface area contributed by atoms with Gasteiger partial charge in [0.15, 0.2) is 5.76 Å². The molecular weight excluding hydrogens is 386 g/mol. The highest BCUT2D eigenvalue weighted by Crippen LogP contribution is 2.31. The summed E-state index contributed by atoms with van der Waals surface area (Å²) in [6, 6.07) is 8.64. The Morgan fingerprint density at radius 2 is 2.07 bits per heavy atom. The fraction of sp³-hybridized carbons (Fsp3) is 0.250. The Morgan fingerprint density at radius 3 is 2.79 bits per heavy atom. The van der Waals surface area contributed by atoms with Crippen LogP contribution in [-0.2, 0) is 0 Å². The first-order valence-corrected chi connectivity index (χ1v) is 9.74. The Morgan fingerprint density at radius 1 is 1.25 bits per heavy atom. The van der Waals surface area contributed by atoms with Crippen LogP contribution in [0.2, 0.25) is 0 Å². The lowest BCUT2D eigenvalue weighted by Gasteiger charge is -2.33. The number of nitrogens with zero attached hydrogens (tertiary/aromatic N) is 1. The first-order valence-electron chi connectivity index (χ1n) is 8.92. The Bertz CT molecular complexity index is 1030. The van der Waals surface area contributed by atoms with Crippen molar-refractivity contribution in [1.29, 1.82) is 0 Å². The fourth-order valence-electron chi connectivity index (χ4n) is 2.94. The van der Waals surface area contributed by atoms with E-state index in [4.69, 9.17) is 9.15 Å². The van der Waals surface area contributed by atoms with E-state index in [1.165, 1.54) is 30.3 Å². The van der Waals surface area contributed by atoms with Crippen LogP contribution in [0.25, 0.3) is 11.0 Å². The molecule has 1 aliphatic heterocycles. The standard InChI is InChI=1S/C20H18F2N2O3S/c1-2-26-17-8-12(21)4-5-19(17)28-23-20(25)18-11-14-15(22)9-13(10-16(14)27-18)24-6-3-7-24/h4-5,8-11H,2-3,6-7H2,1H3,(H,23,25). The van der Waals surface area contributed by atoms with Crippen LogP contribution in [0, 0.1) is 11.6 Å². The predicted octanol–water partition coefficient (Wildman–Crippen LogP) is 4.76. The van der Waals surface area contributed by atoms with E-state index in [1.807, 2.05) is 4.90 Å². The van der Waals surface area contributed by atoms with Crippen molar-refractivity contribution in [2.24, 2.45) is 0 Å². The van der Waals surface area contributed by atoms with Crippen LogP contribution in [0.1, 0.15) is 23.9 Å². The molecule has 5 nitrogen and oxygen atoms in total. The third-order valence-electron chi connectivity index (χ3n) is 4.48. The monoisotopic (exact) mass is 404 g/mol. The van der Waals surface area contributed by atoms with Crippen LogP contribution >= 0.6 is 11.9 Å². The van der Waals surface area contributed by atoms with Crippen LogP contribution in [0.3, 0.4) is 0 Å². The number of amides is 1. The summed E-state index contributed by atoms with van der Waals surface area (Å²) in [6.45, 7) is 3.92. The molecule has 28 heavy (non-hydrogen) atoms. The van der Waals surface area contributed by atoms with Gasteiger partial charge in [0.25, 0.3) is 5.91 Å². The molecule has 8 heteroatoms. The number of halogens is 2. The molecule has 0 bridgehead atoms. The molecule has 2 aromatic carbocycles. The van der Waals surface area contributed by atoms with Gasteiger partial charge in [-0.2, -0.15) is 0 Å². The zero-order valence-corrected chi connectivity index (χ0v) is 15.9. The highest BCUT2D eigenvalue weighted by Gasteiger charge is 2.20. The summed E-state index contributed by atoms with van der Waals surface area (Å²) in [6.07, 6.45) is 1.08. The number of hydrogen-bond acceptors (Lipinski definition) is 5. The summed E-state index contributed by atoms with van der Waals surface area (Å²) < 4.78 is 41.3. The molecule has 0 aliphatic carbocycles. The SMILES string of the molecule is CCOc1cc(F)ccc1SNC(=O)c1cc2c(F)cc(N3CCC3)cc2o1. The lowest BCUT2D eigenvalue weighted by molar-refractivity contribution is 0.0959. The number of anilines is 1. The van der Waals surface area contributed by atoms with Gasteiger partial charge < -0.3 is 14.1 Å². The van der Waals surface area contributed by atoms with Crippen LogP contribution < -0.4 is 14.4 Å². The normalized spacial score (nSPS) is 13.5. The number of furan rings is 1. The Kier molecular flexibility index (Phi) is 5.13. The summed E-state index contributed by atoms with van der Waals surface area (Å²) in [5.74, 6) is -1.03. The van der Waals surface area contributed by atoms with E-state index < -0.39 is 17.5 Å². The van der Waals surface area contributed by atoms with E-state index in [-0.39, 0.29) is 11.1 Å². The maximum Gasteiger partial charge on any atom is 0.297 e. The molecular formula is C20H18F2N2O3S. The van der Waals surface area contributed by atoms with Crippen molar-refractivity contribution >= 4 is 34.5 Å². The Hall–Kier alpha value is -2.74. The number of ether oxygens (including phenoxy) is 1. The second-order valence-corrected chi connectivity index (χ2v) is 7.20. The number of rotatable bonds is 6. The van der Waals surface area contributed by atoms with Gasteiger partial charge in [-0.25, -0.2) is 8.78 Å². The van der Waals surface area contributed by atoms with Gasteiger partial charge in [0.2, 0.25) is 0 Å². The van der Waals surface area contributed by atoms with E-state index in [9.17, 15) is 13.6 Å². The second-order valence-electron chi connectivity index (χ2n) is 6.35. The Labute approximate surface area is 164 Å². The molecule has 0 radical (unpaired) electrons. The third-order valence-corrected chi connectivity index (χ3v) is 5.32. The highest BCUT2D eigenvalue weighted by atomic mass is 32.2. The maximum atomic E-state index is 14.4. The van der Waals surface area contributed by atoms with Crippen molar-refractivity contribution < 1.29 is 22.7 Å². The summed E-state index contributed by atoms with van der Waals surface area (Å²) in [7, 11) is 0. The molecule has 2 heterocycles. The predicted molar refractivity (Wildman–Crippen MR) is 104 cm³/mol. The minimum Gasteiger partial charge on any atom is -0.493 e. The molecule has 146 valence electrons. The summed E-state index contributed by atoms with van der Waals surface area (Å²) in [5.41, 5.74) is 1.08. The Balaban J connectivity index is 1.52.